The molecular formula is C16H18ClN5O6S. The van der Waals surface area contributed by atoms with Crippen LogP contribution in [0.5, 0.6) is 0 Å². The summed E-state index contributed by atoms with van der Waals surface area (Å²) < 4.78 is 17.1. The number of esters is 2. The molecule has 4 rings (SSSR count). The van der Waals surface area contributed by atoms with Crippen molar-refractivity contribution in [1.29, 1.82) is 0 Å². The second-order valence-electron chi connectivity index (χ2n) is 7.05. The van der Waals surface area contributed by atoms with E-state index in [2.05, 4.69) is 10.1 Å². The van der Waals surface area contributed by atoms with Gasteiger partial charge >= 0.3 is 18.0 Å². The van der Waals surface area contributed by atoms with Gasteiger partial charge in [-0.1, -0.05) is 36.8 Å². The lowest BCUT2D eigenvalue weighted by Gasteiger charge is -2.35. The molecule has 2 aromatic heterocycles. The zero-order chi connectivity index (χ0) is 20.9. The highest BCUT2D eigenvalue weighted by Gasteiger charge is 2.64. The fourth-order valence-corrected chi connectivity index (χ4v) is 4.49. The number of nitrogens with zero attached hydrogens (tertiary/aromatic N) is 5. The maximum Gasteiger partial charge on any atom is 0.423 e. The Morgan fingerprint density at radius 1 is 1.28 bits per heavy atom. The highest BCUT2D eigenvalue weighted by molar-refractivity contribution is 7.16. The third-order valence-corrected chi connectivity index (χ3v) is 5.62. The molecule has 0 aliphatic carbocycles. The predicted octanol–water partition coefficient (Wildman–Crippen LogP) is 0.602. The summed E-state index contributed by atoms with van der Waals surface area (Å²) in [6, 6.07) is -1.94. The minimum Gasteiger partial charge on any atom is -0.381 e. The van der Waals surface area contributed by atoms with Crippen molar-refractivity contribution in [1.82, 2.24) is 24.4 Å². The molecule has 2 aliphatic heterocycles. The van der Waals surface area contributed by atoms with E-state index in [4.69, 9.17) is 25.8 Å². The zero-order valence-electron chi connectivity index (χ0n) is 15.9. The number of rotatable bonds is 6. The Bertz CT molecular complexity index is 987. The zero-order valence-corrected chi connectivity index (χ0v) is 17.4. The van der Waals surface area contributed by atoms with Gasteiger partial charge in [0.1, 0.15) is 10.7 Å². The van der Waals surface area contributed by atoms with Gasteiger partial charge in [-0.2, -0.15) is 5.10 Å². The lowest BCUT2D eigenvalue weighted by Crippen LogP contribution is -2.56. The normalized spacial score (nSPS) is 19.2. The molecule has 0 bridgehead atoms. The van der Waals surface area contributed by atoms with E-state index in [0.717, 1.165) is 0 Å². The molecule has 13 heteroatoms. The number of carbonyl (C=O) groups is 3. The first-order chi connectivity index (χ1) is 13.7. The summed E-state index contributed by atoms with van der Waals surface area (Å²) in [5.74, 6) is -2.57. The van der Waals surface area contributed by atoms with Crippen molar-refractivity contribution in [3.05, 3.63) is 15.9 Å². The van der Waals surface area contributed by atoms with Crippen molar-refractivity contribution in [3.63, 3.8) is 0 Å². The van der Waals surface area contributed by atoms with E-state index in [-0.39, 0.29) is 30.1 Å². The summed E-state index contributed by atoms with van der Waals surface area (Å²) in [7, 11) is 1.55. The van der Waals surface area contributed by atoms with Gasteiger partial charge in [0.15, 0.2) is 5.15 Å². The fourth-order valence-electron chi connectivity index (χ4n) is 3.34. The number of carbonyl (C=O) groups excluding carboxylic acids is 3. The molecule has 29 heavy (non-hydrogen) atoms. The summed E-state index contributed by atoms with van der Waals surface area (Å²) in [5.41, 5.74) is 0.401. The number of aromatic nitrogens is 3. The van der Waals surface area contributed by atoms with Crippen LogP contribution < -0.4 is 0 Å². The number of halogens is 1. The highest BCUT2D eigenvalue weighted by Crippen LogP contribution is 2.37. The molecule has 2 fully saturated rings. The van der Waals surface area contributed by atoms with Crippen LogP contribution in [0.2, 0.25) is 5.15 Å². The van der Waals surface area contributed by atoms with E-state index in [0.29, 0.717) is 28.8 Å². The maximum atomic E-state index is 12.8. The van der Waals surface area contributed by atoms with E-state index in [1.165, 1.54) is 25.7 Å². The van der Waals surface area contributed by atoms with E-state index in [9.17, 15) is 14.4 Å². The van der Waals surface area contributed by atoms with Crippen LogP contribution in [-0.4, -0.2) is 68.5 Å². The molecule has 0 aromatic carbocycles. The van der Waals surface area contributed by atoms with Crippen LogP contribution in [0.15, 0.2) is 0 Å². The van der Waals surface area contributed by atoms with E-state index < -0.39 is 18.0 Å². The van der Waals surface area contributed by atoms with Crippen LogP contribution in [0.3, 0.4) is 0 Å². The Labute approximate surface area is 174 Å². The molecule has 2 aromatic rings. The SMILES string of the molecule is COCc1nn2c(CN3C(=O)CN(CC(C)C)C34OC(=O)C(=O)O4)c(Cl)nc2s1. The summed E-state index contributed by atoms with van der Waals surface area (Å²) in [6.45, 7) is 4.34. The molecule has 0 N–H and O–H groups in total. The minimum atomic E-state index is -1.94. The average molecular weight is 444 g/mol. The molecule has 1 spiro atoms. The third-order valence-electron chi connectivity index (χ3n) is 4.44. The topological polar surface area (TPSA) is 116 Å². The molecule has 0 radical (unpaired) electrons. The second kappa shape index (κ2) is 7.20. The van der Waals surface area contributed by atoms with Crippen LogP contribution in [-0.2, 0) is 41.7 Å². The van der Waals surface area contributed by atoms with Crippen molar-refractivity contribution < 1.29 is 28.6 Å². The summed E-state index contributed by atoms with van der Waals surface area (Å²) >= 11 is 7.57. The summed E-state index contributed by atoms with van der Waals surface area (Å²) in [6.07, 6.45) is 0. The Morgan fingerprint density at radius 3 is 2.59 bits per heavy atom. The first-order valence-corrected chi connectivity index (χ1v) is 9.98. The number of amides is 1. The highest BCUT2D eigenvalue weighted by atomic mass is 35.5. The van der Waals surface area contributed by atoms with Crippen molar-refractivity contribution in [2.24, 2.45) is 5.92 Å². The second-order valence-corrected chi connectivity index (χ2v) is 8.45. The van der Waals surface area contributed by atoms with E-state index in [1.54, 1.807) is 7.11 Å². The number of ether oxygens (including phenoxy) is 3. The number of fused-ring (bicyclic) bond motifs is 1. The van der Waals surface area contributed by atoms with Crippen molar-refractivity contribution in [2.75, 3.05) is 20.2 Å². The van der Waals surface area contributed by atoms with Gasteiger partial charge in [-0.15, -0.1) is 0 Å². The number of hydrogen-bond acceptors (Lipinski definition) is 10. The maximum absolute atomic E-state index is 12.8. The molecular weight excluding hydrogens is 426 g/mol. The van der Waals surface area contributed by atoms with Gasteiger partial charge in [-0.25, -0.2) is 28.9 Å². The van der Waals surface area contributed by atoms with Crippen molar-refractivity contribution in [3.8, 4) is 0 Å². The Balaban J connectivity index is 1.72. The number of methoxy groups -OCH3 is 1. The van der Waals surface area contributed by atoms with Crippen molar-refractivity contribution >= 4 is 45.7 Å². The van der Waals surface area contributed by atoms with Gasteiger partial charge in [0.25, 0.3) is 0 Å². The van der Waals surface area contributed by atoms with Gasteiger partial charge in [-0.3, -0.25) is 4.79 Å². The fraction of sp³-hybridized carbons (Fsp3) is 0.562. The van der Waals surface area contributed by atoms with Gasteiger partial charge in [0.2, 0.25) is 10.9 Å². The standard InChI is InChI=1S/C16H18ClN5O6S/c1-8(2)4-20-6-11(23)21(16(20)27-13(24)14(25)28-16)5-9-12(17)18-15-22(9)19-10(29-15)7-26-3/h8H,4-7H2,1-3H3. The van der Waals surface area contributed by atoms with Crippen LogP contribution in [0.1, 0.15) is 24.5 Å². The molecule has 4 heterocycles. The van der Waals surface area contributed by atoms with Crippen LogP contribution >= 0.6 is 22.9 Å². The molecule has 156 valence electrons. The van der Waals surface area contributed by atoms with Crippen LogP contribution in [0, 0.1) is 5.92 Å². The monoisotopic (exact) mass is 443 g/mol. The first-order valence-electron chi connectivity index (χ1n) is 8.78. The predicted molar refractivity (Wildman–Crippen MR) is 98.5 cm³/mol. The Kier molecular flexibility index (Phi) is 4.97. The lowest BCUT2D eigenvalue weighted by atomic mass is 10.2. The quantitative estimate of drug-likeness (QED) is 0.467. The number of imidazole rings is 1. The Hall–Kier alpha value is -2.28. The lowest BCUT2D eigenvalue weighted by molar-refractivity contribution is -0.299. The molecule has 0 atom stereocenters. The summed E-state index contributed by atoms with van der Waals surface area (Å²) in [4.78, 5) is 44.0. The molecule has 0 saturated carbocycles. The van der Waals surface area contributed by atoms with Gasteiger partial charge in [0, 0.05) is 13.7 Å². The summed E-state index contributed by atoms with van der Waals surface area (Å²) in [5, 5.41) is 5.22. The van der Waals surface area contributed by atoms with Gasteiger partial charge in [0.05, 0.1) is 19.7 Å². The van der Waals surface area contributed by atoms with Crippen LogP contribution in [0.25, 0.3) is 4.96 Å². The first kappa shape index (κ1) is 20.0. The van der Waals surface area contributed by atoms with Gasteiger partial charge in [-0.05, 0) is 5.92 Å². The molecule has 0 unspecified atom stereocenters. The molecule has 2 saturated heterocycles. The molecule has 2 aliphatic rings. The Morgan fingerprint density at radius 2 is 1.97 bits per heavy atom. The van der Waals surface area contributed by atoms with E-state index in [1.807, 2.05) is 13.8 Å². The van der Waals surface area contributed by atoms with Crippen molar-refractivity contribution in [2.45, 2.75) is 33.0 Å². The number of hydrogen-bond donors (Lipinski definition) is 0. The van der Waals surface area contributed by atoms with E-state index >= 15 is 0 Å². The smallest absolute Gasteiger partial charge is 0.381 e. The minimum absolute atomic E-state index is 0.0791. The third kappa shape index (κ3) is 3.25. The molecule has 11 nitrogen and oxygen atoms in total. The average Bonchev–Trinajstić information content (AvgIpc) is 3.29. The largest absolute Gasteiger partial charge is 0.423 e. The molecule has 1 amide bonds. The van der Waals surface area contributed by atoms with Crippen LogP contribution in [0.4, 0.5) is 0 Å². The van der Waals surface area contributed by atoms with Gasteiger partial charge < -0.3 is 14.2 Å².